The van der Waals surface area contributed by atoms with E-state index in [1.807, 2.05) is 48.4 Å². The molecule has 2 aromatic rings. The molecule has 0 aliphatic rings. The van der Waals surface area contributed by atoms with Gasteiger partial charge in [0.25, 0.3) is 0 Å². The second kappa shape index (κ2) is 7.40. The van der Waals surface area contributed by atoms with Gasteiger partial charge in [-0.2, -0.15) is 0 Å². The Kier molecular flexibility index (Phi) is 5.55. The minimum Gasteiger partial charge on any atom is -0.343 e. The van der Waals surface area contributed by atoms with Gasteiger partial charge >= 0.3 is 0 Å². The number of thioether (sulfide) groups is 1. The average molecular weight is 307 g/mol. The van der Waals surface area contributed by atoms with Gasteiger partial charge in [0.1, 0.15) is 10.7 Å². The summed E-state index contributed by atoms with van der Waals surface area (Å²) in [4.78, 5) is 14.8. The first-order chi connectivity index (χ1) is 9.74. The zero-order chi connectivity index (χ0) is 14.4. The summed E-state index contributed by atoms with van der Waals surface area (Å²) in [5, 5.41) is 11.2. The highest BCUT2D eigenvalue weighted by Crippen LogP contribution is 2.23. The van der Waals surface area contributed by atoms with Crippen LogP contribution < -0.4 is 0 Å². The molecule has 0 atom stereocenters. The lowest BCUT2D eigenvalue weighted by atomic mass is 10.3. The van der Waals surface area contributed by atoms with Crippen LogP contribution in [0.5, 0.6) is 0 Å². The van der Waals surface area contributed by atoms with E-state index in [0.29, 0.717) is 5.75 Å². The Hall–Kier alpha value is -1.40. The lowest BCUT2D eigenvalue weighted by Crippen LogP contribution is -2.31. The smallest absolute Gasteiger partial charge is 0.232 e. The third kappa shape index (κ3) is 3.80. The number of hydrogen-bond donors (Lipinski definition) is 0. The van der Waals surface area contributed by atoms with Crippen molar-refractivity contribution < 1.29 is 4.79 Å². The van der Waals surface area contributed by atoms with Gasteiger partial charge in [0.2, 0.25) is 5.91 Å². The number of hydrogen-bond acceptors (Lipinski definition) is 5. The van der Waals surface area contributed by atoms with E-state index in [1.165, 1.54) is 11.8 Å². The summed E-state index contributed by atoms with van der Waals surface area (Å²) < 4.78 is 0. The highest BCUT2D eigenvalue weighted by atomic mass is 32.2. The number of thiophene rings is 1. The molecule has 0 N–H and O–H groups in total. The number of carbonyl (C=O) groups excluding carboxylic acids is 1. The van der Waals surface area contributed by atoms with Gasteiger partial charge in [-0.1, -0.05) is 17.8 Å². The molecule has 106 valence electrons. The zero-order valence-electron chi connectivity index (χ0n) is 11.6. The fourth-order valence-electron chi connectivity index (χ4n) is 1.76. The second-order valence-electron chi connectivity index (χ2n) is 4.09. The van der Waals surface area contributed by atoms with Crippen LogP contribution in [-0.4, -0.2) is 39.8 Å². The van der Waals surface area contributed by atoms with E-state index < -0.39 is 0 Å². The highest BCUT2D eigenvalue weighted by molar-refractivity contribution is 7.99. The lowest BCUT2D eigenvalue weighted by molar-refractivity contribution is -0.127. The Labute approximate surface area is 127 Å². The molecule has 0 bridgehead atoms. The predicted octanol–water partition coefficient (Wildman–Crippen LogP) is 3.17. The fourth-order valence-corrected chi connectivity index (χ4v) is 3.16. The summed E-state index contributed by atoms with van der Waals surface area (Å²) in [6.07, 6.45) is 0. The second-order valence-corrected chi connectivity index (χ2v) is 6.03. The molecular weight excluding hydrogens is 290 g/mol. The first-order valence-electron chi connectivity index (χ1n) is 6.52. The number of nitrogens with zero attached hydrogens (tertiary/aromatic N) is 3. The van der Waals surface area contributed by atoms with Gasteiger partial charge in [0.05, 0.1) is 10.6 Å². The molecule has 2 rings (SSSR count). The molecule has 0 aromatic carbocycles. The van der Waals surface area contributed by atoms with Crippen molar-refractivity contribution >= 4 is 29.0 Å². The van der Waals surface area contributed by atoms with Crippen molar-refractivity contribution in [2.24, 2.45) is 0 Å². The topological polar surface area (TPSA) is 46.1 Å². The van der Waals surface area contributed by atoms with Crippen molar-refractivity contribution in [1.29, 1.82) is 0 Å². The summed E-state index contributed by atoms with van der Waals surface area (Å²) in [6.45, 7) is 5.47. The van der Waals surface area contributed by atoms with Crippen LogP contribution in [0.4, 0.5) is 0 Å². The molecule has 0 spiro atoms. The van der Waals surface area contributed by atoms with E-state index in [-0.39, 0.29) is 5.91 Å². The molecule has 1 amide bonds. The molecule has 20 heavy (non-hydrogen) atoms. The normalized spacial score (nSPS) is 10.5. The van der Waals surface area contributed by atoms with Crippen molar-refractivity contribution in [3.63, 3.8) is 0 Å². The number of carbonyl (C=O) groups is 1. The molecule has 0 aliphatic carbocycles. The van der Waals surface area contributed by atoms with Crippen molar-refractivity contribution in [1.82, 2.24) is 15.1 Å². The molecular formula is C14H17N3OS2. The summed E-state index contributed by atoms with van der Waals surface area (Å²) in [6, 6.07) is 7.88. The van der Waals surface area contributed by atoms with Gasteiger partial charge in [-0.25, -0.2) is 0 Å². The average Bonchev–Trinajstić information content (AvgIpc) is 3.01. The van der Waals surface area contributed by atoms with Crippen LogP contribution >= 0.6 is 23.1 Å². The summed E-state index contributed by atoms with van der Waals surface area (Å²) in [7, 11) is 0. The number of amides is 1. The fraction of sp³-hybridized carbons (Fsp3) is 0.357. The van der Waals surface area contributed by atoms with E-state index >= 15 is 0 Å². The maximum absolute atomic E-state index is 11.9. The van der Waals surface area contributed by atoms with Crippen LogP contribution in [0.2, 0.25) is 0 Å². The Morgan fingerprint density at radius 3 is 2.60 bits per heavy atom. The van der Waals surface area contributed by atoms with E-state index in [2.05, 4.69) is 10.2 Å². The maximum atomic E-state index is 11.9. The Balaban J connectivity index is 1.93. The standard InChI is InChI=1S/C14H17N3OS2/c1-3-17(4-2)14(18)10-20-13-8-7-11(15-16-13)12-6-5-9-19-12/h5-9H,3-4,10H2,1-2H3. The van der Waals surface area contributed by atoms with Crippen molar-refractivity contribution in [2.75, 3.05) is 18.8 Å². The molecule has 2 heterocycles. The Morgan fingerprint density at radius 1 is 1.25 bits per heavy atom. The quantitative estimate of drug-likeness (QED) is 0.769. The SMILES string of the molecule is CCN(CC)C(=O)CSc1ccc(-c2cccs2)nn1. The molecule has 6 heteroatoms. The van der Waals surface area contributed by atoms with E-state index in [4.69, 9.17) is 0 Å². The van der Waals surface area contributed by atoms with Crippen molar-refractivity contribution in [3.05, 3.63) is 29.6 Å². The van der Waals surface area contributed by atoms with Gasteiger partial charge in [-0.15, -0.1) is 21.5 Å². The van der Waals surface area contributed by atoms with Gasteiger partial charge in [0.15, 0.2) is 0 Å². The van der Waals surface area contributed by atoms with Crippen LogP contribution in [0, 0.1) is 0 Å². The third-order valence-electron chi connectivity index (χ3n) is 2.87. The van der Waals surface area contributed by atoms with Crippen LogP contribution in [0.1, 0.15) is 13.8 Å². The van der Waals surface area contributed by atoms with E-state index in [9.17, 15) is 4.79 Å². The minimum atomic E-state index is 0.143. The van der Waals surface area contributed by atoms with Gasteiger partial charge in [-0.05, 0) is 37.4 Å². The molecule has 2 aromatic heterocycles. The first kappa shape index (κ1) is 15.0. The number of rotatable bonds is 6. The molecule has 4 nitrogen and oxygen atoms in total. The Morgan fingerprint density at radius 2 is 2.05 bits per heavy atom. The number of aromatic nitrogens is 2. The largest absolute Gasteiger partial charge is 0.343 e. The summed E-state index contributed by atoms with van der Waals surface area (Å²) >= 11 is 3.07. The van der Waals surface area contributed by atoms with Crippen LogP contribution in [-0.2, 0) is 4.79 Å². The van der Waals surface area contributed by atoms with Gasteiger partial charge < -0.3 is 4.90 Å². The summed E-state index contributed by atoms with van der Waals surface area (Å²) in [5.41, 5.74) is 0.874. The van der Waals surface area contributed by atoms with Crippen LogP contribution in [0.15, 0.2) is 34.7 Å². The van der Waals surface area contributed by atoms with Gasteiger partial charge in [-0.3, -0.25) is 4.79 Å². The molecule has 0 saturated heterocycles. The highest BCUT2D eigenvalue weighted by Gasteiger charge is 2.10. The maximum Gasteiger partial charge on any atom is 0.232 e. The lowest BCUT2D eigenvalue weighted by Gasteiger charge is -2.17. The van der Waals surface area contributed by atoms with Crippen LogP contribution in [0.25, 0.3) is 10.6 Å². The van der Waals surface area contributed by atoms with Crippen molar-refractivity contribution in [3.8, 4) is 10.6 Å². The Bertz CT molecular complexity index is 536. The predicted molar refractivity (Wildman–Crippen MR) is 84.0 cm³/mol. The molecule has 0 aliphatic heterocycles. The molecule has 0 fully saturated rings. The molecule has 0 radical (unpaired) electrons. The van der Waals surface area contributed by atoms with Crippen LogP contribution in [0.3, 0.4) is 0 Å². The third-order valence-corrected chi connectivity index (χ3v) is 4.67. The van der Waals surface area contributed by atoms with Gasteiger partial charge in [0, 0.05) is 13.1 Å². The summed E-state index contributed by atoms with van der Waals surface area (Å²) in [5.74, 6) is 0.554. The monoisotopic (exact) mass is 307 g/mol. The van der Waals surface area contributed by atoms with E-state index in [0.717, 1.165) is 28.7 Å². The molecule has 0 saturated carbocycles. The van der Waals surface area contributed by atoms with E-state index in [1.54, 1.807) is 11.3 Å². The molecule has 0 unspecified atom stereocenters. The van der Waals surface area contributed by atoms with Crippen molar-refractivity contribution in [2.45, 2.75) is 18.9 Å². The zero-order valence-corrected chi connectivity index (χ0v) is 13.2. The first-order valence-corrected chi connectivity index (χ1v) is 8.39. The minimum absolute atomic E-state index is 0.143.